The topological polar surface area (TPSA) is 49.2 Å². The fourth-order valence-corrected chi connectivity index (χ4v) is 2.17. The van der Waals surface area contributed by atoms with Crippen molar-refractivity contribution in [2.24, 2.45) is 0 Å². The van der Waals surface area contributed by atoms with Gasteiger partial charge in [-0.1, -0.05) is 23.9 Å². The van der Waals surface area contributed by atoms with Crippen molar-refractivity contribution in [3.8, 4) is 0 Å². The van der Waals surface area contributed by atoms with E-state index in [1.54, 1.807) is 0 Å². The summed E-state index contributed by atoms with van der Waals surface area (Å²) in [7, 11) is 0. The van der Waals surface area contributed by atoms with Crippen LogP contribution in [0, 0.1) is 0 Å². The van der Waals surface area contributed by atoms with E-state index in [-0.39, 0.29) is 0 Å². The van der Waals surface area contributed by atoms with E-state index in [0.717, 1.165) is 23.1 Å². The third-order valence-electron chi connectivity index (χ3n) is 2.46. The Labute approximate surface area is 106 Å². The summed E-state index contributed by atoms with van der Waals surface area (Å²) in [5.74, 6) is 0.911. The van der Waals surface area contributed by atoms with Crippen LogP contribution in [0.25, 0.3) is 6.08 Å². The maximum atomic E-state index is 9.91. The van der Waals surface area contributed by atoms with Gasteiger partial charge in [0.25, 0.3) is 0 Å². The molecule has 2 rings (SSSR count). The van der Waals surface area contributed by atoms with Crippen molar-refractivity contribution in [3.63, 3.8) is 0 Å². The van der Waals surface area contributed by atoms with Crippen molar-refractivity contribution in [1.29, 1.82) is 0 Å². The molecular weight excluding hydrogens is 234 g/mol. The van der Waals surface area contributed by atoms with E-state index in [9.17, 15) is 5.11 Å². The lowest BCUT2D eigenvalue weighted by molar-refractivity contribution is 0.0876. The van der Waals surface area contributed by atoms with Crippen LogP contribution in [0.3, 0.4) is 0 Å². The van der Waals surface area contributed by atoms with Gasteiger partial charge in [0.1, 0.15) is 5.82 Å². The Kier molecular flexibility index (Phi) is 3.40. The lowest BCUT2D eigenvalue weighted by Gasteiger charge is -2.31. The molecule has 1 N–H and O–H groups in total. The summed E-state index contributed by atoms with van der Waals surface area (Å²) >= 11 is 1.53. The first-order valence-corrected chi connectivity index (χ1v) is 6.77. The molecule has 0 amide bonds. The maximum absolute atomic E-state index is 9.91. The number of aliphatic hydroxyl groups is 1. The molecule has 0 aromatic carbocycles. The minimum atomic E-state index is -0.729. The summed E-state index contributed by atoms with van der Waals surface area (Å²) in [6.45, 7) is 4.96. The standard InChI is InChI=1S/C12H17N3OS/c1-12(2,16)8-15-6-4-5-9-7-13-11(17-3)14-10(9)15/h4-5,7,16H,6,8H2,1-3H3. The van der Waals surface area contributed by atoms with Crippen LogP contribution in [0.5, 0.6) is 0 Å². The number of hydrogen-bond acceptors (Lipinski definition) is 5. The van der Waals surface area contributed by atoms with Crippen molar-refractivity contribution < 1.29 is 5.11 Å². The van der Waals surface area contributed by atoms with Crippen LogP contribution in [-0.4, -0.2) is 40.0 Å². The van der Waals surface area contributed by atoms with E-state index in [4.69, 9.17) is 0 Å². The van der Waals surface area contributed by atoms with Crippen molar-refractivity contribution in [2.45, 2.75) is 24.6 Å². The average Bonchev–Trinajstić information content (AvgIpc) is 2.27. The Morgan fingerprint density at radius 3 is 2.94 bits per heavy atom. The molecule has 0 unspecified atom stereocenters. The SMILES string of the molecule is CSc1ncc2c(n1)N(CC(C)(C)O)CC=C2. The first-order valence-electron chi connectivity index (χ1n) is 5.54. The van der Waals surface area contributed by atoms with Crippen LogP contribution in [0.15, 0.2) is 17.4 Å². The van der Waals surface area contributed by atoms with Crippen LogP contribution >= 0.6 is 11.8 Å². The molecule has 0 radical (unpaired) electrons. The van der Waals surface area contributed by atoms with Crippen molar-refractivity contribution >= 4 is 23.7 Å². The molecule has 1 aliphatic heterocycles. The Hall–Kier alpha value is -1.07. The molecule has 0 saturated carbocycles. The Bertz CT molecular complexity index is 440. The van der Waals surface area contributed by atoms with Gasteiger partial charge in [-0.15, -0.1) is 0 Å². The predicted octanol–water partition coefficient (Wildman–Crippen LogP) is 1.80. The zero-order valence-corrected chi connectivity index (χ0v) is 11.2. The molecule has 0 fully saturated rings. The van der Waals surface area contributed by atoms with Gasteiger partial charge < -0.3 is 10.0 Å². The van der Waals surface area contributed by atoms with Gasteiger partial charge in [0, 0.05) is 24.8 Å². The highest BCUT2D eigenvalue weighted by atomic mass is 32.2. The van der Waals surface area contributed by atoms with E-state index in [0.29, 0.717) is 6.54 Å². The highest BCUT2D eigenvalue weighted by Crippen LogP contribution is 2.26. The molecular formula is C12H17N3OS. The molecule has 0 saturated heterocycles. The van der Waals surface area contributed by atoms with E-state index in [1.165, 1.54) is 11.8 Å². The van der Waals surface area contributed by atoms with Crippen LogP contribution in [0.4, 0.5) is 5.82 Å². The second kappa shape index (κ2) is 4.66. The molecule has 0 atom stereocenters. The molecule has 2 heterocycles. The number of thioether (sulfide) groups is 1. The van der Waals surface area contributed by atoms with Gasteiger partial charge in [0.15, 0.2) is 5.16 Å². The Morgan fingerprint density at radius 2 is 2.29 bits per heavy atom. The van der Waals surface area contributed by atoms with Gasteiger partial charge >= 0.3 is 0 Å². The van der Waals surface area contributed by atoms with Crippen molar-refractivity contribution in [3.05, 3.63) is 17.8 Å². The first kappa shape index (κ1) is 12.4. The molecule has 0 spiro atoms. The summed E-state index contributed by atoms with van der Waals surface area (Å²) in [5, 5.41) is 10.7. The Balaban J connectivity index is 2.32. The Morgan fingerprint density at radius 1 is 1.53 bits per heavy atom. The van der Waals surface area contributed by atoms with Crippen LogP contribution < -0.4 is 4.90 Å². The monoisotopic (exact) mass is 251 g/mol. The average molecular weight is 251 g/mol. The molecule has 4 nitrogen and oxygen atoms in total. The third-order valence-corrected chi connectivity index (χ3v) is 3.02. The van der Waals surface area contributed by atoms with Crippen LogP contribution in [0.1, 0.15) is 19.4 Å². The lowest BCUT2D eigenvalue weighted by atomic mass is 10.1. The van der Waals surface area contributed by atoms with E-state index >= 15 is 0 Å². The molecule has 1 aliphatic rings. The van der Waals surface area contributed by atoms with Crippen LogP contribution in [-0.2, 0) is 0 Å². The smallest absolute Gasteiger partial charge is 0.189 e. The number of anilines is 1. The lowest BCUT2D eigenvalue weighted by Crippen LogP contribution is -2.40. The zero-order valence-electron chi connectivity index (χ0n) is 10.3. The van der Waals surface area contributed by atoms with Crippen molar-refractivity contribution in [2.75, 3.05) is 24.2 Å². The predicted molar refractivity (Wildman–Crippen MR) is 71.4 cm³/mol. The fourth-order valence-electron chi connectivity index (χ4n) is 1.84. The molecule has 0 aliphatic carbocycles. The zero-order chi connectivity index (χ0) is 12.5. The van der Waals surface area contributed by atoms with Gasteiger partial charge in [-0.25, -0.2) is 9.97 Å². The molecule has 1 aromatic heterocycles. The third kappa shape index (κ3) is 2.98. The highest BCUT2D eigenvalue weighted by molar-refractivity contribution is 7.98. The van der Waals surface area contributed by atoms with Gasteiger partial charge in [-0.3, -0.25) is 0 Å². The molecule has 92 valence electrons. The number of nitrogens with zero attached hydrogens (tertiary/aromatic N) is 3. The highest BCUT2D eigenvalue weighted by Gasteiger charge is 2.22. The second-order valence-corrected chi connectivity index (χ2v) is 5.50. The van der Waals surface area contributed by atoms with Gasteiger partial charge in [0.05, 0.1) is 5.60 Å². The molecule has 17 heavy (non-hydrogen) atoms. The quantitative estimate of drug-likeness (QED) is 0.656. The molecule has 1 aromatic rings. The largest absolute Gasteiger partial charge is 0.389 e. The number of aromatic nitrogens is 2. The molecule has 5 heteroatoms. The van der Waals surface area contributed by atoms with Crippen LogP contribution in [0.2, 0.25) is 0 Å². The first-order chi connectivity index (χ1) is 7.99. The number of β-amino-alcohol motifs (C(OH)–C–C–N with tert-alkyl or cyclic N) is 1. The second-order valence-electron chi connectivity index (χ2n) is 4.73. The molecule has 0 bridgehead atoms. The van der Waals surface area contributed by atoms with Crippen molar-refractivity contribution in [1.82, 2.24) is 9.97 Å². The minimum absolute atomic E-state index is 0.565. The fraction of sp³-hybridized carbons (Fsp3) is 0.500. The van der Waals surface area contributed by atoms with Gasteiger partial charge in [-0.2, -0.15) is 0 Å². The summed E-state index contributed by atoms with van der Waals surface area (Å²) < 4.78 is 0. The van der Waals surface area contributed by atoms with E-state index in [2.05, 4.69) is 20.9 Å². The summed E-state index contributed by atoms with van der Waals surface area (Å²) in [5.41, 5.74) is 0.283. The normalized spacial score (nSPS) is 14.9. The number of fused-ring (bicyclic) bond motifs is 1. The van der Waals surface area contributed by atoms with E-state index in [1.807, 2.05) is 32.4 Å². The van der Waals surface area contributed by atoms with Gasteiger partial charge in [0.2, 0.25) is 0 Å². The van der Waals surface area contributed by atoms with E-state index < -0.39 is 5.60 Å². The number of rotatable bonds is 3. The summed E-state index contributed by atoms with van der Waals surface area (Å²) in [6, 6.07) is 0. The van der Waals surface area contributed by atoms with Gasteiger partial charge in [-0.05, 0) is 20.1 Å². The summed E-state index contributed by atoms with van der Waals surface area (Å²) in [6.07, 6.45) is 7.89. The maximum Gasteiger partial charge on any atom is 0.189 e. The summed E-state index contributed by atoms with van der Waals surface area (Å²) in [4.78, 5) is 10.8. The number of hydrogen-bond donors (Lipinski definition) is 1. The minimum Gasteiger partial charge on any atom is -0.389 e.